The van der Waals surface area contributed by atoms with Gasteiger partial charge >= 0.3 is 0 Å². The number of hydrazine groups is 1. The van der Waals surface area contributed by atoms with E-state index in [9.17, 15) is 4.79 Å². The average Bonchev–Trinajstić information content (AvgIpc) is 3.39. The Morgan fingerprint density at radius 2 is 2.00 bits per heavy atom. The Kier molecular flexibility index (Phi) is 5.73. The van der Waals surface area contributed by atoms with Gasteiger partial charge < -0.3 is 19.4 Å². The van der Waals surface area contributed by atoms with Crippen LogP contribution >= 0.6 is 0 Å². The Labute approximate surface area is 171 Å². The molecule has 156 valence electrons. The number of hydrogen-bond acceptors (Lipinski definition) is 6. The van der Waals surface area contributed by atoms with Crippen molar-refractivity contribution < 1.29 is 14.3 Å². The number of benzene rings is 1. The summed E-state index contributed by atoms with van der Waals surface area (Å²) in [5.41, 5.74) is 7.40. The van der Waals surface area contributed by atoms with E-state index in [4.69, 9.17) is 9.47 Å². The number of carbonyl (C=O) groups is 1. The van der Waals surface area contributed by atoms with E-state index in [1.54, 1.807) is 20.4 Å². The SMILES string of the molecule is COc1cc(OC)cc(C(NC(=O)C2CCCC3CNNC32)c2nccn2C)c1. The zero-order valence-electron chi connectivity index (χ0n) is 17.1. The van der Waals surface area contributed by atoms with E-state index in [0.29, 0.717) is 17.4 Å². The molecule has 2 aromatic rings. The predicted molar refractivity (Wildman–Crippen MR) is 108 cm³/mol. The molecule has 1 saturated heterocycles. The van der Waals surface area contributed by atoms with Gasteiger partial charge in [0.2, 0.25) is 5.91 Å². The lowest BCUT2D eigenvalue weighted by molar-refractivity contribution is -0.127. The van der Waals surface area contributed by atoms with Gasteiger partial charge in [0.15, 0.2) is 0 Å². The zero-order chi connectivity index (χ0) is 20.4. The molecule has 1 aliphatic heterocycles. The summed E-state index contributed by atoms with van der Waals surface area (Å²) in [4.78, 5) is 17.9. The average molecular weight is 399 g/mol. The number of fused-ring (bicyclic) bond motifs is 1. The smallest absolute Gasteiger partial charge is 0.225 e. The first kappa shape index (κ1) is 19.7. The highest BCUT2D eigenvalue weighted by Crippen LogP contribution is 2.33. The molecule has 2 aliphatic rings. The van der Waals surface area contributed by atoms with Gasteiger partial charge in [-0.2, -0.15) is 0 Å². The normalized spacial score (nSPS) is 24.6. The van der Waals surface area contributed by atoms with Crippen molar-refractivity contribution in [1.82, 2.24) is 25.7 Å². The summed E-state index contributed by atoms with van der Waals surface area (Å²) in [6.07, 6.45) is 6.74. The lowest BCUT2D eigenvalue weighted by Crippen LogP contribution is -2.48. The molecule has 4 rings (SSSR count). The molecule has 0 bridgehead atoms. The third kappa shape index (κ3) is 3.95. The largest absolute Gasteiger partial charge is 0.497 e. The van der Waals surface area contributed by atoms with Gasteiger partial charge in [0.05, 0.1) is 20.1 Å². The first-order valence-corrected chi connectivity index (χ1v) is 10.1. The highest BCUT2D eigenvalue weighted by molar-refractivity contribution is 5.80. The fourth-order valence-electron chi connectivity index (χ4n) is 4.53. The minimum absolute atomic E-state index is 0.0469. The van der Waals surface area contributed by atoms with Crippen molar-refractivity contribution in [3.05, 3.63) is 42.0 Å². The number of amides is 1. The van der Waals surface area contributed by atoms with Gasteiger partial charge in [-0.15, -0.1) is 0 Å². The van der Waals surface area contributed by atoms with Crippen LogP contribution in [0.5, 0.6) is 11.5 Å². The Hall–Kier alpha value is -2.58. The van der Waals surface area contributed by atoms with E-state index in [-0.39, 0.29) is 17.9 Å². The second kappa shape index (κ2) is 8.42. The Morgan fingerprint density at radius 1 is 1.24 bits per heavy atom. The van der Waals surface area contributed by atoms with Crippen LogP contribution in [0.15, 0.2) is 30.6 Å². The number of imidazole rings is 1. The van der Waals surface area contributed by atoms with Crippen LogP contribution in [-0.2, 0) is 11.8 Å². The van der Waals surface area contributed by atoms with Crippen molar-refractivity contribution in [1.29, 1.82) is 0 Å². The van der Waals surface area contributed by atoms with Crippen LogP contribution < -0.4 is 25.6 Å². The quantitative estimate of drug-likeness (QED) is 0.683. The third-order valence-corrected chi connectivity index (χ3v) is 6.11. The predicted octanol–water partition coefficient (Wildman–Crippen LogP) is 1.54. The maximum atomic E-state index is 13.4. The van der Waals surface area contributed by atoms with E-state index in [1.807, 2.05) is 36.0 Å². The topological polar surface area (TPSA) is 89.4 Å². The summed E-state index contributed by atoms with van der Waals surface area (Å²) in [6.45, 7) is 0.921. The molecule has 0 spiro atoms. The molecule has 1 amide bonds. The number of nitrogens with one attached hydrogen (secondary N) is 3. The minimum Gasteiger partial charge on any atom is -0.497 e. The molecule has 2 fully saturated rings. The number of aromatic nitrogens is 2. The summed E-state index contributed by atoms with van der Waals surface area (Å²) < 4.78 is 12.8. The fourth-order valence-corrected chi connectivity index (χ4v) is 4.53. The minimum atomic E-state index is -0.402. The van der Waals surface area contributed by atoms with Crippen LogP contribution in [0.25, 0.3) is 0 Å². The third-order valence-electron chi connectivity index (χ3n) is 6.11. The van der Waals surface area contributed by atoms with Crippen molar-refractivity contribution in [3.63, 3.8) is 0 Å². The number of carbonyl (C=O) groups excluding carboxylic acids is 1. The van der Waals surface area contributed by atoms with Gasteiger partial charge in [0.25, 0.3) is 0 Å². The van der Waals surface area contributed by atoms with Crippen LogP contribution in [0.3, 0.4) is 0 Å². The molecule has 8 heteroatoms. The van der Waals surface area contributed by atoms with Crippen LogP contribution in [0.4, 0.5) is 0 Å². The Balaban J connectivity index is 1.65. The van der Waals surface area contributed by atoms with Crippen molar-refractivity contribution in [2.75, 3.05) is 20.8 Å². The number of nitrogens with zero attached hydrogens (tertiary/aromatic N) is 2. The van der Waals surface area contributed by atoms with Crippen molar-refractivity contribution >= 4 is 5.91 Å². The molecule has 0 radical (unpaired) electrons. The molecule has 1 aliphatic carbocycles. The number of ether oxygens (including phenoxy) is 2. The fraction of sp³-hybridized carbons (Fsp3) is 0.524. The molecule has 8 nitrogen and oxygen atoms in total. The Bertz CT molecular complexity index is 846. The first-order chi connectivity index (χ1) is 14.1. The van der Waals surface area contributed by atoms with Crippen molar-refractivity contribution in [2.24, 2.45) is 18.9 Å². The number of rotatable bonds is 6. The van der Waals surface area contributed by atoms with Gasteiger partial charge in [-0.1, -0.05) is 6.42 Å². The number of methoxy groups -OCH3 is 2. The van der Waals surface area contributed by atoms with Gasteiger partial charge in [-0.25, -0.2) is 4.98 Å². The monoisotopic (exact) mass is 399 g/mol. The van der Waals surface area contributed by atoms with Crippen molar-refractivity contribution in [2.45, 2.75) is 31.3 Å². The van der Waals surface area contributed by atoms with Gasteiger partial charge in [0.1, 0.15) is 23.4 Å². The molecule has 29 heavy (non-hydrogen) atoms. The second-order valence-corrected chi connectivity index (χ2v) is 7.83. The lowest BCUT2D eigenvalue weighted by atomic mass is 9.77. The molecule has 4 unspecified atom stereocenters. The van der Waals surface area contributed by atoms with Gasteiger partial charge in [0, 0.05) is 38.1 Å². The molecule has 1 aromatic carbocycles. The van der Waals surface area contributed by atoms with Crippen LogP contribution in [0.1, 0.15) is 36.7 Å². The zero-order valence-corrected chi connectivity index (χ0v) is 17.1. The molecule has 3 N–H and O–H groups in total. The van der Waals surface area contributed by atoms with E-state index < -0.39 is 6.04 Å². The standard InChI is InChI=1S/C21H29N5O3/c1-26-8-7-22-20(26)19(14-9-15(28-2)11-16(10-14)29-3)24-21(27)17-6-4-5-13-12-23-25-18(13)17/h7-11,13,17-19,23,25H,4-6,12H2,1-3H3,(H,24,27). The van der Waals surface area contributed by atoms with E-state index in [1.165, 1.54) is 0 Å². The maximum Gasteiger partial charge on any atom is 0.225 e. The molecule has 2 heterocycles. The van der Waals surface area contributed by atoms with Crippen LogP contribution in [0.2, 0.25) is 0 Å². The van der Waals surface area contributed by atoms with E-state index >= 15 is 0 Å². The van der Waals surface area contributed by atoms with E-state index in [2.05, 4.69) is 21.2 Å². The summed E-state index contributed by atoms with van der Waals surface area (Å²) in [6, 6.07) is 5.43. The summed E-state index contributed by atoms with van der Waals surface area (Å²) in [5, 5.41) is 3.26. The second-order valence-electron chi connectivity index (χ2n) is 7.83. The number of aryl methyl sites for hydroxylation is 1. The van der Waals surface area contributed by atoms with E-state index in [0.717, 1.165) is 37.2 Å². The maximum absolute atomic E-state index is 13.4. The Morgan fingerprint density at radius 3 is 2.66 bits per heavy atom. The molecular formula is C21H29N5O3. The van der Waals surface area contributed by atoms with Crippen LogP contribution in [0, 0.1) is 11.8 Å². The highest BCUT2D eigenvalue weighted by Gasteiger charge is 2.41. The molecule has 1 saturated carbocycles. The number of hydrogen-bond donors (Lipinski definition) is 3. The first-order valence-electron chi connectivity index (χ1n) is 10.1. The van der Waals surface area contributed by atoms with Gasteiger partial charge in [-0.05, 0) is 36.5 Å². The van der Waals surface area contributed by atoms with Crippen molar-refractivity contribution in [3.8, 4) is 11.5 Å². The molecule has 4 atom stereocenters. The summed E-state index contributed by atoms with van der Waals surface area (Å²) in [7, 11) is 5.17. The molecular weight excluding hydrogens is 370 g/mol. The summed E-state index contributed by atoms with van der Waals surface area (Å²) in [5.74, 6) is 2.59. The molecule has 1 aromatic heterocycles. The van der Waals surface area contributed by atoms with Crippen LogP contribution in [-0.4, -0.2) is 42.3 Å². The summed E-state index contributed by atoms with van der Waals surface area (Å²) >= 11 is 0. The lowest BCUT2D eigenvalue weighted by Gasteiger charge is -2.33. The van der Waals surface area contributed by atoms with Gasteiger partial charge in [-0.3, -0.25) is 15.6 Å². The highest BCUT2D eigenvalue weighted by atomic mass is 16.5.